The zero-order chi connectivity index (χ0) is 11.0. The Morgan fingerprint density at radius 1 is 1.33 bits per heavy atom. The van der Waals surface area contributed by atoms with E-state index >= 15 is 0 Å². The fourth-order valence-corrected chi connectivity index (χ4v) is 1.56. The van der Waals surface area contributed by atoms with Crippen molar-refractivity contribution >= 4 is 10.8 Å². The second-order valence-corrected chi connectivity index (χ2v) is 3.30. The first kappa shape index (κ1) is 9.71. The molecule has 1 aromatic heterocycles. The number of aryl methyl sites for hydroxylation is 1. The van der Waals surface area contributed by atoms with E-state index in [9.17, 15) is 9.18 Å². The molecule has 0 amide bonds. The molecule has 2 rings (SSSR count). The lowest BCUT2D eigenvalue weighted by atomic mass is 10.1. The zero-order valence-corrected chi connectivity index (χ0v) is 8.45. The number of rotatable bonds is 1. The molecule has 0 saturated carbocycles. The van der Waals surface area contributed by atoms with Crippen LogP contribution in [0.4, 0.5) is 4.39 Å². The van der Waals surface area contributed by atoms with Gasteiger partial charge >= 0.3 is 0 Å². The molecule has 78 valence electrons. The third-order valence-electron chi connectivity index (χ3n) is 2.33. The number of ether oxygens (including phenoxy) is 1. The lowest BCUT2D eigenvalue weighted by molar-refractivity contribution is 0.415. The zero-order valence-electron chi connectivity index (χ0n) is 8.45. The van der Waals surface area contributed by atoms with Gasteiger partial charge < -0.3 is 9.30 Å². The van der Waals surface area contributed by atoms with Crippen molar-refractivity contribution in [3.63, 3.8) is 0 Å². The van der Waals surface area contributed by atoms with Crippen molar-refractivity contribution in [2.75, 3.05) is 7.11 Å². The quantitative estimate of drug-likeness (QED) is 0.712. The molecule has 0 radical (unpaired) electrons. The highest BCUT2D eigenvalue weighted by atomic mass is 19.1. The van der Waals surface area contributed by atoms with Crippen molar-refractivity contribution < 1.29 is 9.13 Å². The van der Waals surface area contributed by atoms with Crippen molar-refractivity contribution in [3.05, 3.63) is 40.6 Å². The minimum absolute atomic E-state index is 0.231. The van der Waals surface area contributed by atoms with Crippen molar-refractivity contribution in [2.45, 2.75) is 0 Å². The monoisotopic (exact) mass is 207 g/mol. The third-order valence-corrected chi connectivity index (χ3v) is 2.33. The molecule has 0 spiro atoms. The Kier molecular flexibility index (Phi) is 2.19. The van der Waals surface area contributed by atoms with E-state index in [0.717, 1.165) is 0 Å². The summed E-state index contributed by atoms with van der Waals surface area (Å²) in [6, 6.07) is 4.08. The highest BCUT2D eigenvalue weighted by Gasteiger charge is 2.07. The third kappa shape index (κ3) is 1.48. The summed E-state index contributed by atoms with van der Waals surface area (Å²) in [4.78, 5) is 11.7. The van der Waals surface area contributed by atoms with Gasteiger partial charge in [-0.05, 0) is 18.2 Å². The van der Waals surface area contributed by atoms with Crippen molar-refractivity contribution in [1.29, 1.82) is 0 Å². The Bertz CT molecular complexity index is 575. The number of hydrogen-bond donors (Lipinski definition) is 0. The van der Waals surface area contributed by atoms with Crippen LogP contribution in [0.5, 0.6) is 5.75 Å². The molecule has 0 saturated heterocycles. The first-order chi connectivity index (χ1) is 7.13. The number of hydrogen-bond acceptors (Lipinski definition) is 2. The van der Waals surface area contributed by atoms with E-state index < -0.39 is 5.82 Å². The summed E-state index contributed by atoms with van der Waals surface area (Å²) in [6.07, 6.45) is 1.59. The smallest absolute Gasteiger partial charge is 0.258 e. The van der Waals surface area contributed by atoms with Gasteiger partial charge in [0.2, 0.25) is 0 Å². The van der Waals surface area contributed by atoms with E-state index in [1.807, 2.05) is 0 Å². The maximum atomic E-state index is 13.0. The second kappa shape index (κ2) is 3.38. The summed E-state index contributed by atoms with van der Waals surface area (Å²) in [5.74, 6) is 0.139. The maximum Gasteiger partial charge on any atom is 0.258 e. The lowest BCUT2D eigenvalue weighted by Crippen LogP contribution is -2.16. The maximum absolute atomic E-state index is 13.0. The van der Waals surface area contributed by atoms with Crippen LogP contribution < -0.4 is 10.3 Å². The van der Waals surface area contributed by atoms with Crippen LogP contribution in [0.3, 0.4) is 0 Å². The number of halogens is 1. The number of aromatic nitrogens is 1. The van der Waals surface area contributed by atoms with Crippen LogP contribution in [0, 0.1) is 5.82 Å². The molecule has 0 N–H and O–H groups in total. The van der Waals surface area contributed by atoms with Crippen LogP contribution in [0.2, 0.25) is 0 Å². The first-order valence-electron chi connectivity index (χ1n) is 4.46. The van der Waals surface area contributed by atoms with Gasteiger partial charge in [0.1, 0.15) is 11.6 Å². The number of methoxy groups -OCH3 is 1. The van der Waals surface area contributed by atoms with Crippen molar-refractivity contribution in [1.82, 2.24) is 4.57 Å². The van der Waals surface area contributed by atoms with E-state index in [0.29, 0.717) is 16.5 Å². The predicted molar refractivity (Wildman–Crippen MR) is 55.7 cm³/mol. The number of benzene rings is 1. The standard InChI is InChI=1S/C11H10FNO2/c1-13-6-10(15-2)8-4-3-7(12)5-9(8)11(13)14/h3-6H,1-2H3. The first-order valence-corrected chi connectivity index (χ1v) is 4.46. The summed E-state index contributed by atoms with van der Waals surface area (Å²) in [6.45, 7) is 0. The Labute approximate surface area is 85.7 Å². The molecule has 0 bridgehead atoms. The van der Waals surface area contributed by atoms with E-state index in [-0.39, 0.29) is 5.56 Å². The Hall–Kier alpha value is -1.84. The van der Waals surface area contributed by atoms with Gasteiger partial charge in [0.25, 0.3) is 5.56 Å². The number of pyridine rings is 1. The van der Waals surface area contributed by atoms with Crippen LogP contribution in [0.15, 0.2) is 29.2 Å². The Balaban J connectivity index is 2.96. The van der Waals surface area contributed by atoms with E-state index in [4.69, 9.17) is 4.74 Å². The van der Waals surface area contributed by atoms with E-state index in [1.54, 1.807) is 19.3 Å². The Morgan fingerprint density at radius 2 is 2.07 bits per heavy atom. The molecule has 1 aromatic carbocycles. The average molecular weight is 207 g/mol. The summed E-state index contributed by atoms with van der Waals surface area (Å²) in [7, 11) is 3.12. The fourth-order valence-electron chi connectivity index (χ4n) is 1.56. The molecule has 0 fully saturated rings. The van der Waals surface area contributed by atoms with Crippen molar-refractivity contribution in [2.24, 2.45) is 7.05 Å². The van der Waals surface area contributed by atoms with Gasteiger partial charge in [-0.25, -0.2) is 4.39 Å². The van der Waals surface area contributed by atoms with Crippen LogP contribution in [0.1, 0.15) is 0 Å². The van der Waals surface area contributed by atoms with Crippen LogP contribution in [-0.4, -0.2) is 11.7 Å². The molecular formula is C11H10FNO2. The average Bonchev–Trinajstić information content (AvgIpc) is 2.23. The fraction of sp³-hybridized carbons (Fsp3) is 0.182. The van der Waals surface area contributed by atoms with Gasteiger partial charge in [-0.1, -0.05) is 0 Å². The Morgan fingerprint density at radius 3 is 2.73 bits per heavy atom. The van der Waals surface area contributed by atoms with Gasteiger partial charge in [-0.2, -0.15) is 0 Å². The number of nitrogens with zero attached hydrogens (tertiary/aromatic N) is 1. The summed E-state index contributed by atoms with van der Waals surface area (Å²) in [5.41, 5.74) is -0.231. The minimum Gasteiger partial charge on any atom is -0.495 e. The molecule has 15 heavy (non-hydrogen) atoms. The van der Waals surface area contributed by atoms with Gasteiger partial charge in [0.05, 0.1) is 12.5 Å². The molecule has 0 aliphatic heterocycles. The molecule has 0 atom stereocenters. The molecule has 4 heteroatoms. The lowest BCUT2D eigenvalue weighted by Gasteiger charge is -2.07. The SMILES string of the molecule is COc1cn(C)c(=O)c2cc(F)ccc12. The van der Waals surface area contributed by atoms with E-state index in [1.165, 1.54) is 23.8 Å². The highest BCUT2D eigenvalue weighted by molar-refractivity contribution is 5.87. The van der Waals surface area contributed by atoms with Gasteiger partial charge in [0, 0.05) is 18.6 Å². The summed E-state index contributed by atoms with van der Waals surface area (Å²) < 4.78 is 19.5. The van der Waals surface area contributed by atoms with Crippen LogP contribution in [0.25, 0.3) is 10.8 Å². The van der Waals surface area contributed by atoms with Gasteiger partial charge in [0.15, 0.2) is 0 Å². The number of fused-ring (bicyclic) bond motifs is 1. The minimum atomic E-state index is -0.423. The van der Waals surface area contributed by atoms with Crippen molar-refractivity contribution in [3.8, 4) is 5.75 Å². The molecule has 0 aliphatic rings. The van der Waals surface area contributed by atoms with Gasteiger partial charge in [-0.3, -0.25) is 4.79 Å². The molecule has 0 aliphatic carbocycles. The van der Waals surface area contributed by atoms with E-state index in [2.05, 4.69) is 0 Å². The topological polar surface area (TPSA) is 31.2 Å². The largest absolute Gasteiger partial charge is 0.495 e. The molecule has 0 unspecified atom stereocenters. The molecule has 2 aromatic rings. The van der Waals surface area contributed by atoms with Crippen LogP contribution in [-0.2, 0) is 7.05 Å². The second-order valence-electron chi connectivity index (χ2n) is 3.30. The molecule has 3 nitrogen and oxygen atoms in total. The molecular weight excluding hydrogens is 197 g/mol. The van der Waals surface area contributed by atoms with Gasteiger partial charge in [-0.15, -0.1) is 0 Å². The highest BCUT2D eigenvalue weighted by Crippen LogP contribution is 2.22. The molecule has 1 heterocycles. The normalized spacial score (nSPS) is 10.6. The van der Waals surface area contributed by atoms with Crippen LogP contribution >= 0.6 is 0 Å². The summed E-state index contributed by atoms with van der Waals surface area (Å²) >= 11 is 0. The predicted octanol–water partition coefficient (Wildman–Crippen LogP) is 1.69. The summed E-state index contributed by atoms with van der Waals surface area (Å²) in [5, 5.41) is 0.957.